The fourth-order valence-electron chi connectivity index (χ4n) is 3.94. The van der Waals surface area contributed by atoms with Gasteiger partial charge in [-0.1, -0.05) is 5.16 Å². The summed E-state index contributed by atoms with van der Waals surface area (Å²) in [5.41, 5.74) is 13.7. The Morgan fingerprint density at radius 1 is 1.32 bits per heavy atom. The number of nitrogen functional groups attached to an aromatic ring is 1. The number of nitrogens with two attached hydrogens (primary N) is 2. The van der Waals surface area contributed by atoms with E-state index in [0.29, 0.717) is 25.2 Å². The number of hydrogen-bond acceptors (Lipinski definition) is 7. The number of hydrogen-bond donors (Lipinski definition) is 3. The Kier molecular flexibility index (Phi) is 5.17. The van der Waals surface area contributed by atoms with Crippen molar-refractivity contribution in [3.8, 4) is 0 Å². The average molecular weight is 428 g/mol. The van der Waals surface area contributed by atoms with Crippen LogP contribution in [0.3, 0.4) is 0 Å². The first-order chi connectivity index (χ1) is 14.6. The lowest BCUT2D eigenvalue weighted by Gasteiger charge is -2.21. The van der Waals surface area contributed by atoms with Gasteiger partial charge in [0.25, 0.3) is 0 Å². The Bertz CT molecular complexity index is 1130. The number of rotatable bonds is 5. The monoisotopic (exact) mass is 427 g/mol. The predicted octanol–water partition coefficient (Wildman–Crippen LogP) is 2.18. The van der Waals surface area contributed by atoms with Crippen molar-refractivity contribution in [2.24, 2.45) is 16.8 Å². The van der Waals surface area contributed by atoms with Crippen molar-refractivity contribution in [2.45, 2.75) is 45.3 Å². The number of benzene rings is 1. The van der Waals surface area contributed by atoms with Gasteiger partial charge in [-0.3, -0.25) is 4.79 Å². The summed E-state index contributed by atoms with van der Waals surface area (Å²) in [4.78, 5) is 32.1. The first-order valence-corrected chi connectivity index (χ1v) is 10.5. The van der Waals surface area contributed by atoms with E-state index in [1.54, 1.807) is 6.07 Å². The fraction of sp³-hybridized carbons (Fsp3) is 0.500. The standard InChI is InChI=1S/C22H29N5O4/c1-22(2,3)31-25-17-11-26(9-12(17)8-23)14-6-16(24)19-18(7-14)27(13-4-5-13)10-15(20(19)28)21(29)30/h6-7,10,12-13H,4-5,8-9,11,23-24H2,1-3H3,(H,29,30)/b25-17+. The fourth-order valence-corrected chi connectivity index (χ4v) is 3.94. The van der Waals surface area contributed by atoms with Crippen LogP contribution in [-0.2, 0) is 4.84 Å². The molecule has 1 aliphatic carbocycles. The predicted molar refractivity (Wildman–Crippen MR) is 121 cm³/mol. The van der Waals surface area contributed by atoms with E-state index in [2.05, 4.69) is 10.1 Å². The minimum atomic E-state index is -1.24. The Labute approximate surface area is 180 Å². The summed E-state index contributed by atoms with van der Waals surface area (Å²) in [6.45, 7) is 7.47. The molecule has 1 aromatic carbocycles. The van der Waals surface area contributed by atoms with Crippen LogP contribution in [0.4, 0.5) is 11.4 Å². The van der Waals surface area contributed by atoms with Gasteiger partial charge in [0.05, 0.1) is 23.2 Å². The summed E-state index contributed by atoms with van der Waals surface area (Å²) in [7, 11) is 0. The van der Waals surface area contributed by atoms with Gasteiger partial charge in [0.2, 0.25) is 5.43 Å². The van der Waals surface area contributed by atoms with E-state index < -0.39 is 17.0 Å². The van der Waals surface area contributed by atoms with E-state index in [9.17, 15) is 14.7 Å². The van der Waals surface area contributed by atoms with Crippen molar-refractivity contribution >= 4 is 34.0 Å². The molecule has 2 fully saturated rings. The van der Waals surface area contributed by atoms with Gasteiger partial charge in [0.15, 0.2) is 0 Å². The number of nitrogens with zero attached hydrogens (tertiary/aromatic N) is 3. The Morgan fingerprint density at radius 2 is 2.03 bits per heavy atom. The third-order valence-electron chi connectivity index (χ3n) is 5.67. The van der Waals surface area contributed by atoms with E-state index in [-0.39, 0.29) is 28.6 Å². The second-order valence-corrected chi connectivity index (χ2v) is 9.34. The quantitative estimate of drug-likeness (QED) is 0.491. The van der Waals surface area contributed by atoms with Gasteiger partial charge in [0.1, 0.15) is 11.2 Å². The average Bonchev–Trinajstić information content (AvgIpc) is 3.44. The summed E-state index contributed by atoms with van der Waals surface area (Å²) in [6.07, 6.45) is 3.34. The zero-order valence-electron chi connectivity index (χ0n) is 18.1. The van der Waals surface area contributed by atoms with Crippen molar-refractivity contribution in [1.82, 2.24) is 4.57 Å². The van der Waals surface area contributed by atoms with Gasteiger partial charge in [0, 0.05) is 42.6 Å². The maximum Gasteiger partial charge on any atom is 0.341 e. The second-order valence-electron chi connectivity index (χ2n) is 9.34. The highest BCUT2D eigenvalue weighted by molar-refractivity contribution is 6.00. The summed E-state index contributed by atoms with van der Waals surface area (Å²) >= 11 is 0. The van der Waals surface area contributed by atoms with Crippen molar-refractivity contribution < 1.29 is 14.7 Å². The highest BCUT2D eigenvalue weighted by Crippen LogP contribution is 2.39. The summed E-state index contributed by atoms with van der Waals surface area (Å²) in [5, 5.41) is 14.1. The first kappa shape index (κ1) is 21.2. The molecule has 1 unspecified atom stereocenters. The van der Waals surface area contributed by atoms with Gasteiger partial charge in [-0.15, -0.1) is 0 Å². The number of pyridine rings is 1. The van der Waals surface area contributed by atoms with Gasteiger partial charge >= 0.3 is 5.97 Å². The molecule has 1 aliphatic heterocycles. The van der Waals surface area contributed by atoms with Crippen LogP contribution in [-0.4, -0.2) is 46.6 Å². The van der Waals surface area contributed by atoms with Crippen molar-refractivity contribution in [2.75, 3.05) is 30.3 Å². The van der Waals surface area contributed by atoms with Gasteiger partial charge in [-0.05, 0) is 45.7 Å². The molecule has 2 heterocycles. The maximum atomic E-state index is 12.8. The van der Waals surface area contributed by atoms with E-state index in [4.69, 9.17) is 16.3 Å². The highest BCUT2D eigenvalue weighted by atomic mass is 16.6. The molecule has 1 saturated heterocycles. The molecule has 4 rings (SSSR count). The van der Waals surface area contributed by atoms with Gasteiger partial charge in [-0.2, -0.15) is 0 Å². The molecule has 2 aromatic rings. The molecule has 0 amide bonds. The molecule has 1 saturated carbocycles. The first-order valence-electron chi connectivity index (χ1n) is 10.5. The Hall–Kier alpha value is -3.07. The molecule has 5 N–H and O–H groups in total. The lowest BCUT2D eigenvalue weighted by atomic mass is 10.1. The number of anilines is 2. The molecule has 0 spiro atoms. The molecule has 0 bridgehead atoms. The second kappa shape index (κ2) is 7.56. The van der Waals surface area contributed by atoms with E-state index >= 15 is 0 Å². The van der Waals surface area contributed by atoms with E-state index in [0.717, 1.165) is 24.2 Å². The SMILES string of the molecule is CC(C)(C)O/N=C1\CN(c2cc(N)c3c(=O)c(C(=O)O)cn(C4CC4)c3c2)CC1CN. The number of fused-ring (bicyclic) bond motifs is 1. The largest absolute Gasteiger partial charge is 0.477 e. The van der Waals surface area contributed by atoms with E-state index in [1.165, 1.54) is 6.20 Å². The van der Waals surface area contributed by atoms with Crippen molar-refractivity contribution in [3.63, 3.8) is 0 Å². The molecule has 1 aromatic heterocycles. The van der Waals surface area contributed by atoms with Crippen molar-refractivity contribution in [1.29, 1.82) is 0 Å². The molecule has 31 heavy (non-hydrogen) atoms. The smallest absolute Gasteiger partial charge is 0.341 e. The van der Waals surface area contributed by atoms with Crippen LogP contribution in [0.15, 0.2) is 28.3 Å². The molecule has 166 valence electrons. The Balaban J connectivity index is 1.78. The molecular formula is C22H29N5O4. The molecule has 1 atom stereocenters. The Morgan fingerprint density at radius 3 is 2.61 bits per heavy atom. The van der Waals surface area contributed by atoms with Crippen LogP contribution in [0.5, 0.6) is 0 Å². The lowest BCUT2D eigenvalue weighted by Crippen LogP contribution is -2.24. The zero-order valence-corrected chi connectivity index (χ0v) is 18.1. The number of oxime groups is 1. The number of carboxylic acid groups (broad SMARTS) is 1. The van der Waals surface area contributed by atoms with Crippen molar-refractivity contribution in [3.05, 3.63) is 34.1 Å². The third-order valence-corrected chi connectivity index (χ3v) is 5.67. The highest BCUT2D eigenvalue weighted by Gasteiger charge is 2.32. The lowest BCUT2D eigenvalue weighted by molar-refractivity contribution is 0.000173. The minimum absolute atomic E-state index is 0.0549. The normalized spacial score (nSPS) is 20.6. The summed E-state index contributed by atoms with van der Waals surface area (Å²) in [5.74, 6) is -1.19. The van der Waals surface area contributed by atoms with Crippen LogP contribution in [0.1, 0.15) is 50.0 Å². The van der Waals surface area contributed by atoms with Crippen LogP contribution in [0.2, 0.25) is 0 Å². The van der Waals surface area contributed by atoms with E-state index in [1.807, 2.05) is 31.4 Å². The maximum absolute atomic E-state index is 12.8. The molecule has 9 heteroatoms. The summed E-state index contributed by atoms with van der Waals surface area (Å²) < 4.78 is 1.88. The van der Waals surface area contributed by atoms with Crippen LogP contribution >= 0.6 is 0 Å². The van der Waals surface area contributed by atoms with Gasteiger partial charge < -0.3 is 30.9 Å². The summed E-state index contributed by atoms with van der Waals surface area (Å²) in [6, 6.07) is 3.83. The zero-order chi connectivity index (χ0) is 22.5. The van der Waals surface area contributed by atoms with Crippen LogP contribution in [0, 0.1) is 5.92 Å². The van der Waals surface area contributed by atoms with Gasteiger partial charge in [-0.25, -0.2) is 4.79 Å². The van der Waals surface area contributed by atoms with Crippen LogP contribution in [0.25, 0.3) is 10.9 Å². The number of aromatic nitrogens is 1. The topological polar surface area (TPSA) is 136 Å². The number of carbonyl (C=O) groups is 1. The third kappa shape index (κ3) is 4.10. The number of carboxylic acids is 1. The van der Waals surface area contributed by atoms with Crippen LogP contribution < -0.4 is 21.8 Å². The molecule has 9 nitrogen and oxygen atoms in total. The molecule has 0 radical (unpaired) electrons. The molecular weight excluding hydrogens is 398 g/mol. The minimum Gasteiger partial charge on any atom is -0.477 e. The number of aromatic carboxylic acids is 1. The molecule has 2 aliphatic rings.